The summed E-state index contributed by atoms with van der Waals surface area (Å²) in [5, 5.41) is 10.8. The molecule has 2 amide bonds. The van der Waals surface area contributed by atoms with Crippen LogP contribution in [0.15, 0.2) is 121 Å². The zero-order valence-electron chi connectivity index (χ0n) is 30.9. The van der Waals surface area contributed by atoms with Crippen LogP contribution in [0.4, 0.5) is 11.4 Å². The average Bonchev–Trinajstić information content (AvgIpc) is 3.84. The fourth-order valence-electron chi connectivity index (χ4n) is 8.01. The van der Waals surface area contributed by atoms with Crippen molar-refractivity contribution in [3.05, 3.63) is 144 Å². The van der Waals surface area contributed by atoms with Crippen LogP contribution in [0, 0.1) is 0 Å². The molecule has 0 spiro atoms. The molecular weight excluding hydrogens is 749 g/mol. The number of ether oxygens (including phenoxy) is 2. The molecule has 0 aliphatic carbocycles. The lowest BCUT2D eigenvalue weighted by molar-refractivity contribution is 0.0535. The number of benzene rings is 5. The van der Waals surface area contributed by atoms with Gasteiger partial charge in [-0.25, -0.2) is 0 Å². The minimum absolute atomic E-state index is 0. The molecule has 3 aliphatic heterocycles. The molecule has 288 valence electrons. The molecule has 56 heavy (non-hydrogen) atoms. The van der Waals surface area contributed by atoms with Crippen LogP contribution in [0.1, 0.15) is 31.8 Å². The van der Waals surface area contributed by atoms with E-state index in [1.54, 1.807) is 35.2 Å². The lowest BCUT2D eigenvalue weighted by atomic mass is 9.92. The number of piperazine rings is 1. The number of likely N-dealkylation sites (N-methyl/N-ethyl adjacent to an activating group) is 1. The van der Waals surface area contributed by atoms with Crippen LogP contribution >= 0.6 is 24.8 Å². The van der Waals surface area contributed by atoms with Gasteiger partial charge in [0.15, 0.2) is 11.5 Å². The Kier molecular flexibility index (Phi) is 11.3. The van der Waals surface area contributed by atoms with E-state index in [1.807, 2.05) is 82.4 Å². The first-order chi connectivity index (χ1) is 26.4. The molecule has 4 heterocycles. The van der Waals surface area contributed by atoms with Gasteiger partial charge in [-0.05, 0) is 73.1 Å². The predicted molar refractivity (Wildman–Crippen MR) is 223 cm³/mol. The van der Waals surface area contributed by atoms with Gasteiger partial charge >= 0.3 is 0 Å². The van der Waals surface area contributed by atoms with E-state index in [-0.39, 0.29) is 55.2 Å². The number of carbonyl (C=O) groups is 2. The number of carbonyl (C=O) groups excluding carboxylic acids is 2. The molecule has 1 saturated heterocycles. The Balaban J connectivity index is 0.00000240. The van der Waals surface area contributed by atoms with Gasteiger partial charge in [0.05, 0.1) is 22.3 Å². The summed E-state index contributed by atoms with van der Waals surface area (Å²) in [6, 6.07) is 35.8. The van der Waals surface area contributed by atoms with E-state index in [2.05, 4.69) is 35.0 Å². The maximum absolute atomic E-state index is 15.2. The van der Waals surface area contributed by atoms with Gasteiger partial charge in [0.25, 0.3) is 11.8 Å². The Hall–Kier alpha value is -5.52. The minimum Gasteiger partial charge on any atom is -0.508 e. The van der Waals surface area contributed by atoms with E-state index in [0.717, 1.165) is 55.6 Å². The number of hydrogen-bond donors (Lipinski definition) is 1. The van der Waals surface area contributed by atoms with Crippen LogP contribution in [-0.4, -0.2) is 88.8 Å². The molecule has 10 nitrogen and oxygen atoms in total. The number of rotatable bonds is 7. The number of amides is 2. The molecule has 0 saturated carbocycles. The van der Waals surface area contributed by atoms with E-state index in [0.29, 0.717) is 46.2 Å². The SMILES string of the molecule is CN1CCN(C[C@@H]2Cc3ccccc3CN2C(=O)c2cc3c(cc2-n2cc(C(=O)N(c4ccccc4)c4ccc(O)cc4)c4ccccc42)OCO3)CC1.Cl.Cl. The number of hydrogen-bond acceptors (Lipinski definition) is 7. The zero-order chi connectivity index (χ0) is 36.8. The average molecular weight is 793 g/mol. The number of fused-ring (bicyclic) bond motifs is 3. The summed E-state index contributed by atoms with van der Waals surface area (Å²) in [5.74, 6) is 0.817. The Morgan fingerprint density at radius 2 is 1.39 bits per heavy atom. The number of para-hydroxylation sites is 2. The lowest BCUT2D eigenvalue weighted by Crippen LogP contribution is -2.53. The normalized spacial score (nSPS) is 16.4. The van der Waals surface area contributed by atoms with Crippen molar-refractivity contribution < 1.29 is 24.2 Å². The van der Waals surface area contributed by atoms with Crippen molar-refractivity contribution in [1.29, 1.82) is 0 Å². The monoisotopic (exact) mass is 791 g/mol. The molecule has 9 rings (SSSR count). The van der Waals surface area contributed by atoms with Crippen molar-refractivity contribution >= 4 is 58.9 Å². The van der Waals surface area contributed by atoms with Crippen LogP contribution < -0.4 is 14.4 Å². The quantitative estimate of drug-likeness (QED) is 0.177. The summed E-state index contributed by atoms with van der Waals surface area (Å²) < 4.78 is 13.7. The van der Waals surface area contributed by atoms with Gasteiger partial charge in [-0.2, -0.15) is 0 Å². The van der Waals surface area contributed by atoms with Gasteiger partial charge in [-0.3, -0.25) is 19.4 Å². The molecule has 1 aromatic heterocycles. The fraction of sp³-hybridized carbons (Fsp3) is 0.227. The highest BCUT2D eigenvalue weighted by molar-refractivity contribution is 6.17. The number of phenols is 1. The van der Waals surface area contributed by atoms with Crippen molar-refractivity contribution in [1.82, 2.24) is 19.3 Å². The second kappa shape index (κ2) is 16.3. The first kappa shape index (κ1) is 38.7. The van der Waals surface area contributed by atoms with Gasteiger partial charge in [0, 0.05) is 74.3 Å². The lowest BCUT2D eigenvalue weighted by Gasteiger charge is -2.41. The molecule has 3 aliphatic rings. The number of nitrogens with zero attached hydrogens (tertiary/aromatic N) is 5. The summed E-state index contributed by atoms with van der Waals surface area (Å²) >= 11 is 0. The second-order valence-corrected chi connectivity index (χ2v) is 14.3. The van der Waals surface area contributed by atoms with Crippen LogP contribution in [-0.2, 0) is 13.0 Å². The molecule has 1 atom stereocenters. The number of phenolic OH excluding ortho intramolecular Hbond substituents is 1. The molecule has 0 unspecified atom stereocenters. The molecule has 0 bridgehead atoms. The van der Waals surface area contributed by atoms with Crippen LogP contribution in [0.2, 0.25) is 0 Å². The first-order valence-corrected chi connectivity index (χ1v) is 18.4. The number of aromatic nitrogens is 1. The predicted octanol–water partition coefficient (Wildman–Crippen LogP) is 7.70. The summed E-state index contributed by atoms with van der Waals surface area (Å²) in [5.41, 5.74) is 6.02. The Morgan fingerprint density at radius 3 is 2.14 bits per heavy atom. The molecular formula is C44H43Cl2N5O5. The molecule has 0 radical (unpaired) electrons. The molecule has 6 aromatic rings. The highest BCUT2D eigenvalue weighted by Crippen LogP contribution is 2.40. The topological polar surface area (TPSA) is 90.7 Å². The van der Waals surface area contributed by atoms with E-state index in [1.165, 1.54) is 5.56 Å². The smallest absolute Gasteiger partial charge is 0.265 e. The number of halogens is 2. The van der Waals surface area contributed by atoms with Crippen molar-refractivity contribution in [3.8, 4) is 22.9 Å². The maximum atomic E-state index is 15.2. The number of anilines is 2. The van der Waals surface area contributed by atoms with Gasteiger partial charge < -0.3 is 28.9 Å². The third-order valence-corrected chi connectivity index (χ3v) is 10.9. The van der Waals surface area contributed by atoms with Gasteiger partial charge in [-0.15, -0.1) is 24.8 Å². The summed E-state index contributed by atoms with van der Waals surface area (Å²) in [6.45, 7) is 5.26. The van der Waals surface area contributed by atoms with Crippen LogP contribution in [0.25, 0.3) is 16.6 Å². The van der Waals surface area contributed by atoms with Crippen molar-refractivity contribution in [3.63, 3.8) is 0 Å². The summed E-state index contributed by atoms with van der Waals surface area (Å²) in [6.07, 6.45) is 2.59. The van der Waals surface area contributed by atoms with E-state index < -0.39 is 0 Å². The van der Waals surface area contributed by atoms with E-state index in [4.69, 9.17) is 9.47 Å². The third kappa shape index (κ3) is 7.29. The van der Waals surface area contributed by atoms with Crippen LogP contribution in [0.5, 0.6) is 17.2 Å². The van der Waals surface area contributed by atoms with Gasteiger partial charge in [0.2, 0.25) is 6.79 Å². The zero-order valence-corrected chi connectivity index (χ0v) is 32.5. The van der Waals surface area contributed by atoms with Crippen LogP contribution in [0.3, 0.4) is 0 Å². The molecule has 12 heteroatoms. The Labute approximate surface area is 338 Å². The van der Waals surface area contributed by atoms with Gasteiger partial charge in [-0.1, -0.05) is 60.7 Å². The van der Waals surface area contributed by atoms with Crippen molar-refractivity contribution in [2.45, 2.75) is 19.0 Å². The molecule has 1 fully saturated rings. The van der Waals surface area contributed by atoms with Crippen molar-refractivity contribution in [2.75, 3.05) is 51.5 Å². The van der Waals surface area contributed by atoms with E-state index in [9.17, 15) is 9.90 Å². The first-order valence-electron chi connectivity index (χ1n) is 18.4. The minimum atomic E-state index is -0.254. The van der Waals surface area contributed by atoms with Crippen molar-refractivity contribution in [2.24, 2.45) is 0 Å². The largest absolute Gasteiger partial charge is 0.508 e. The van der Waals surface area contributed by atoms with Gasteiger partial charge in [0.1, 0.15) is 5.75 Å². The maximum Gasteiger partial charge on any atom is 0.265 e. The highest BCUT2D eigenvalue weighted by Gasteiger charge is 2.35. The standard InChI is InChI=1S/C44H41N5O5.2ClH/c1-45-19-21-46(22-20-45)27-34-23-30-9-5-6-10-31(30)26-47(34)43(51)37-24-41-42(54-29-53-41)25-40(37)48-28-38(36-13-7-8-14-39(36)48)44(52)49(32-11-3-2-4-12-32)33-15-17-35(50)18-16-33;;/h2-18,24-25,28,34,50H,19-23,26-27,29H2,1H3;2*1H/t34-;;/m0../s1. The molecule has 5 aromatic carbocycles. The summed E-state index contributed by atoms with van der Waals surface area (Å²) in [4.78, 5) is 38.5. The fourth-order valence-corrected chi connectivity index (χ4v) is 8.01. The second-order valence-electron chi connectivity index (χ2n) is 14.3. The van der Waals surface area contributed by atoms with E-state index >= 15 is 4.79 Å². The third-order valence-electron chi connectivity index (χ3n) is 10.9. The Bertz CT molecular complexity index is 2360. The molecule has 1 N–H and O–H groups in total. The summed E-state index contributed by atoms with van der Waals surface area (Å²) in [7, 11) is 2.15. The number of aromatic hydroxyl groups is 1. The Morgan fingerprint density at radius 1 is 0.750 bits per heavy atom. The highest BCUT2D eigenvalue weighted by atomic mass is 35.5.